The van der Waals surface area contributed by atoms with Crippen molar-refractivity contribution in [3.63, 3.8) is 0 Å². The number of nitrogens with one attached hydrogen (secondary N) is 4. The fraction of sp³-hybridized carbons (Fsp3) is 0.395. The van der Waals surface area contributed by atoms with Gasteiger partial charge in [-0.05, 0) is 66.4 Å². The number of rotatable bonds is 1. The van der Waals surface area contributed by atoms with Crippen LogP contribution in [-0.4, -0.2) is 34.7 Å². The zero-order chi connectivity index (χ0) is 34.1. The third-order valence-corrected chi connectivity index (χ3v) is 8.39. The number of amides is 4. The van der Waals surface area contributed by atoms with Crippen molar-refractivity contribution >= 4 is 41.0 Å². The van der Waals surface area contributed by atoms with E-state index in [0.717, 1.165) is 49.7 Å². The summed E-state index contributed by atoms with van der Waals surface area (Å²) in [6.45, 7) is 0.338. The van der Waals surface area contributed by atoms with Gasteiger partial charge in [0.25, 0.3) is 11.8 Å². The molecule has 0 radical (unpaired) electrons. The normalized spacial score (nSPS) is 16.9. The van der Waals surface area contributed by atoms with Gasteiger partial charge in [0.2, 0.25) is 11.8 Å². The van der Waals surface area contributed by atoms with E-state index < -0.39 is 17.8 Å². The van der Waals surface area contributed by atoms with Gasteiger partial charge in [-0.2, -0.15) is 0 Å². The number of carbonyl (C=O) groups is 5. The predicted molar refractivity (Wildman–Crippen MR) is 186 cm³/mol. The molecule has 10 nitrogen and oxygen atoms in total. The molecular formula is C38H46N4O6. The van der Waals surface area contributed by atoms with Crippen LogP contribution in [0.25, 0.3) is 0 Å². The summed E-state index contributed by atoms with van der Waals surface area (Å²) in [7, 11) is 0. The number of carboxylic acid groups (broad SMARTS) is 1. The molecule has 0 unspecified atom stereocenters. The van der Waals surface area contributed by atoms with E-state index in [1.807, 2.05) is 0 Å². The molecule has 5 N–H and O–H groups in total. The lowest BCUT2D eigenvalue weighted by Crippen LogP contribution is -2.26. The van der Waals surface area contributed by atoms with Gasteiger partial charge in [0.1, 0.15) is 0 Å². The lowest BCUT2D eigenvalue weighted by atomic mass is 10.0. The second kappa shape index (κ2) is 19.0. The average molecular weight is 655 g/mol. The number of benzene rings is 3. The van der Waals surface area contributed by atoms with Gasteiger partial charge in [-0.1, -0.05) is 82.1 Å². The molecule has 0 aliphatic carbocycles. The summed E-state index contributed by atoms with van der Waals surface area (Å²) >= 11 is 0. The van der Waals surface area contributed by atoms with Crippen molar-refractivity contribution in [3.05, 3.63) is 94.5 Å². The monoisotopic (exact) mass is 654 g/mol. The number of aromatic carboxylic acids is 1. The van der Waals surface area contributed by atoms with E-state index in [9.17, 15) is 29.1 Å². The van der Waals surface area contributed by atoms with E-state index in [-0.39, 0.29) is 41.6 Å². The van der Waals surface area contributed by atoms with Gasteiger partial charge < -0.3 is 26.4 Å². The molecule has 3 aromatic carbocycles. The van der Waals surface area contributed by atoms with Gasteiger partial charge in [-0.3, -0.25) is 19.2 Å². The van der Waals surface area contributed by atoms with E-state index >= 15 is 0 Å². The molecule has 0 saturated carbocycles. The minimum atomic E-state index is -1.26. The Labute approximate surface area is 282 Å². The highest BCUT2D eigenvalue weighted by atomic mass is 16.4. The Morgan fingerprint density at radius 3 is 1.21 bits per heavy atom. The molecule has 0 atom stereocenters. The van der Waals surface area contributed by atoms with Crippen LogP contribution in [-0.2, 0) is 22.7 Å². The Morgan fingerprint density at radius 1 is 0.500 bits per heavy atom. The first-order valence-corrected chi connectivity index (χ1v) is 17.0. The Bertz CT molecular complexity index is 1450. The molecule has 0 fully saturated rings. The first-order valence-electron chi connectivity index (χ1n) is 17.0. The van der Waals surface area contributed by atoms with Crippen LogP contribution in [0, 0.1) is 0 Å². The van der Waals surface area contributed by atoms with E-state index in [2.05, 4.69) is 21.3 Å². The van der Waals surface area contributed by atoms with Gasteiger partial charge in [-0.25, -0.2) is 4.79 Å². The zero-order valence-electron chi connectivity index (χ0n) is 27.4. The fourth-order valence-electron chi connectivity index (χ4n) is 5.60. The number of hydrogen-bond donors (Lipinski definition) is 5. The minimum absolute atomic E-state index is 0.0263. The summed E-state index contributed by atoms with van der Waals surface area (Å²) in [4.78, 5) is 62.6. The number of fused-ring (bicyclic) bond motifs is 2. The zero-order valence-corrected chi connectivity index (χ0v) is 27.4. The lowest BCUT2D eigenvalue weighted by Gasteiger charge is -2.11. The second-order valence-electron chi connectivity index (χ2n) is 12.3. The smallest absolute Gasteiger partial charge is 0.335 e. The van der Waals surface area contributed by atoms with Crippen LogP contribution in [0.15, 0.2) is 66.7 Å². The van der Waals surface area contributed by atoms with Crippen LogP contribution in [0.3, 0.4) is 0 Å². The van der Waals surface area contributed by atoms with Crippen molar-refractivity contribution in [1.29, 1.82) is 0 Å². The third-order valence-electron chi connectivity index (χ3n) is 8.39. The summed E-state index contributed by atoms with van der Waals surface area (Å²) in [6, 6.07) is 18.1. The van der Waals surface area contributed by atoms with Crippen molar-refractivity contribution in [2.45, 2.75) is 96.6 Å². The summed E-state index contributed by atoms with van der Waals surface area (Å²) in [5.74, 6) is -2.37. The Morgan fingerprint density at radius 2 is 0.854 bits per heavy atom. The van der Waals surface area contributed by atoms with E-state index in [1.54, 1.807) is 48.5 Å². The molecule has 3 aliphatic rings. The molecule has 3 aliphatic heterocycles. The number of carboxylic acids is 1. The molecular weight excluding hydrogens is 608 g/mol. The van der Waals surface area contributed by atoms with Crippen LogP contribution in [0.1, 0.15) is 126 Å². The fourth-order valence-corrected chi connectivity index (χ4v) is 5.60. The highest BCUT2D eigenvalue weighted by molar-refractivity contribution is 6.03. The second-order valence-corrected chi connectivity index (χ2v) is 12.3. The molecule has 6 bridgehead atoms. The molecule has 0 spiro atoms. The number of carbonyl (C=O) groups excluding carboxylic acids is 4. The molecule has 0 aromatic heterocycles. The summed E-state index contributed by atoms with van der Waals surface area (Å²) in [5, 5.41) is 21.0. The van der Waals surface area contributed by atoms with Crippen LogP contribution >= 0.6 is 0 Å². The summed E-state index contributed by atoms with van der Waals surface area (Å²) < 4.78 is 0. The summed E-state index contributed by atoms with van der Waals surface area (Å²) in [6.07, 6.45) is 12.9. The first-order chi connectivity index (χ1) is 23.3. The van der Waals surface area contributed by atoms with Crippen LogP contribution in [0.5, 0.6) is 0 Å². The topological polar surface area (TPSA) is 154 Å². The van der Waals surface area contributed by atoms with Crippen molar-refractivity contribution in [2.24, 2.45) is 0 Å². The molecule has 10 heteroatoms. The van der Waals surface area contributed by atoms with Gasteiger partial charge in [-0.15, -0.1) is 0 Å². The number of hydrogen-bond acceptors (Lipinski definition) is 5. The molecule has 6 rings (SSSR count). The SMILES string of the molecule is O=C1CCCCCCCCCCCCCC(=O)Nc2ccc(cc2)CNC(=O)c2cc(C(=O)O)cc(c2)C(=O)NCc2ccc(cc2)N1. The first kappa shape index (κ1) is 35.9. The molecule has 3 heterocycles. The Hall–Kier alpha value is -4.99. The van der Waals surface area contributed by atoms with Crippen LogP contribution < -0.4 is 21.3 Å². The predicted octanol–water partition coefficient (Wildman–Crippen LogP) is 7.21. The van der Waals surface area contributed by atoms with Crippen molar-refractivity contribution in [1.82, 2.24) is 10.6 Å². The Balaban J connectivity index is 1.40. The maximum absolute atomic E-state index is 13.0. The average Bonchev–Trinajstić information content (AvgIpc) is 3.08. The van der Waals surface area contributed by atoms with Crippen molar-refractivity contribution in [2.75, 3.05) is 10.6 Å². The maximum Gasteiger partial charge on any atom is 0.335 e. The largest absolute Gasteiger partial charge is 0.478 e. The van der Waals surface area contributed by atoms with Gasteiger partial charge in [0.15, 0.2) is 0 Å². The van der Waals surface area contributed by atoms with E-state index in [0.29, 0.717) is 24.2 Å². The van der Waals surface area contributed by atoms with Gasteiger partial charge in [0.05, 0.1) is 5.56 Å². The molecule has 48 heavy (non-hydrogen) atoms. The quantitative estimate of drug-likeness (QED) is 0.187. The highest BCUT2D eigenvalue weighted by Crippen LogP contribution is 2.17. The standard InChI is InChI=1S/C38H46N4O6/c43-34-12-10-8-6-4-2-1-3-5-7-9-11-13-35(44)42-33-20-16-28(17-21-33)26-40-37(46)30-22-29(23-31(24-30)38(47)48)36(45)39-25-27-14-18-32(41-34)19-15-27/h14-24H,1-13,25-26H2,(H,39,45)(H,40,46)(H,41,43)(H,42,44)(H,47,48). The van der Waals surface area contributed by atoms with Crippen LogP contribution in [0.4, 0.5) is 11.4 Å². The molecule has 0 saturated heterocycles. The van der Waals surface area contributed by atoms with Crippen LogP contribution in [0.2, 0.25) is 0 Å². The minimum Gasteiger partial charge on any atom is -0.478 e. The van der Waals surface area contributed by atoms with Gasteiger partial charge in [0, 0.05) is 48.4 Å². The van der Waals surface area contributed by atoms with E-state index in [1.165, 1.54) is 50.3 Å². The lowest BCUT2D eigenvalue weighted by molar-refractivity contribution is -0.117. The third kappa shape index (κ3) is 12.3. The van der Waals surface area contributed by atoms with Crippen molar-refractivity contribution in [3.8, 4) is 0 Å². The van der Waals surface area contributed by atoms with Gasteiger partial charge >= 0.3 is 5.97 Å². The maximum atomic E-state index is 13.0. The molecule has 3 aromatic rings. The van der Waals surface area contributed by atoms with Crippen molar-refractivity contribution < 1.29 is 29.1 Å². The summed E-state index contributed by atoms with van der Waals surface area (Å²) in [5.41, 5.74) is 2.83. The Kier molecular flexibility index (Phi) is 14.2. The number of anilines is 2. The highest BCUT2D eigenvalue weighted by Gasteiger charge is 2.16. The van der Waals surface area contributed by atoms with E-state index in [4.69, 9.17) is 0 Å². The molecule has 4 amide bonds. The molecule has 254 valence electrons.